The Bertz CT molecular complexity index is 1710. The van der Waals surface area contributed by atoms with Crippen molar-refractivity contribution in [3.05, 3.63) is 53.2 Å². The molecule has 4 saturated heterocycles. The molecule has 2 aromatic carbocycles. The smallest absolute Gasteiger partial charge is 0.318 e. The van der Waals surface area contributed by atoms with Crippen LogP contribution in [-0.4, -0.2) is 90.8 Å². The van der Waals surface area contributed by atoms with Gasteiger partial charge in [0.05, 0.1) is 23.5 Å². The van der Waals surface area contributed by atoms with E-state index in [1.54, 1.807) is 4.31 Å². The number of rotatable bonds is 7. The molecule has 46 heavy (non-hydrogen) atoms. The van der Waals surface area contributed by atoms with Crippen molar-refractivity contribution in [2.24, 2.45) is 5.92 Å². The summed E-state index contributed by atoms with van der Waals surface area (Å²) in [5.41, 5.74) is 4.98. The molecule has 6 heterocycles. The molecule has 3 aromatic rings. The number of hydrogen-bond acceptors (Lipinski definition) is 8. The number of aryl methyl sites for hydroxylation is 1. The van der Waals surface area contributed by atoms with Gasteiger partial charge in [-0.25, -0.2) is 8.42 Å². The SMILES string of the molecule is CCc1cccc2cccc(N3CCc4c(nc(OCC56CCCN5CCC6)nc4N4CCCC(N5CC(C)CS5(=O)=O)C4)C3)c12. The molecule has 9 nitrogen and oxygen atoms in total. The number of nitrogens with zero attached hydrogens (tertiary/aromatic N) is 6. The van der Waals surface area contributed by atoms with Crippen molar-refractivity contribution in [2.75, 3.05) is 61.4 Å². The van der Waals surface area contributed by atoms with Gasteiger partial charge in [-0.2, -0.15) is 14.3 Å². The number of piperidine rings is 1. The van der Waals surface area contributed by atoms with E-state index >= 15 is 0 Å². The van der Waals surface area contributed by atoms with E-state index in [-0.39, 0.29) is 23.3 Å². The minimum absolute atomic E-state index is 0.0219. The van der Waals surface area contributed by atoms with E-state index in [4.69, 9.17) is 14.7 Å². The molecule has 0 amide bonds. The Kier molecular flexibility index (Phi) is 7.88. The van der Waals surface area contributed by atoms with Crippen molar-refractivity contribution >= 4 is 32.3 Å². The Balaban J connectivity index is 1.14. The number of fused-ring (bicyclic) bond motifs is 3. The third-order valence-electron chi connectivity index (χ3n) is 11.4. The molecule has 1 aromatic heterocycles. The lowest BCUT2D eigenvalue weighted by Gasteiger charge is -2.40. The highest BCUT2D eigenvalue weighted by atomic mass is 32.2. The van der Waals surface area contributed by atoms with Crippen LogP contribution in [0, 0.1) is 5.92 Å². The van der Waals surface area contributed by atoms with Gasteiger partial charge in [0.2, 0.25) is 10.0 Å². The first-order valence-corrected chi connectivity index (χ1v) is 19.2. The second-order valence-corrected chi connectivity index (χ2v) is 16.4. The molecular formula is C36H48N6O3S. The first kappa shape index (κ1) is 30.4. The molecule has 5 aliphatic rings. The zero-order valence-electron chi connectivity index (χ0n) is 27.5. The number of anilines is 2. The number of sulfonamides is 1. The van der Waals surface area contributed by atoms with Gasteiger partial charge in [0.15, 0.2) is 0 Å². The van der Waals surface area contributed by atoms with Gasteiger partial charge in [-0.15, -0.1) is 0 Å². The molecule has 0 radical (unpaired) electrons. The lowest BCUT2D eigenvalue weighted by molar-refractivity contribution is 0.107. The molecule has 2 atom stereocenters. The average molecular weight is 645 g/mol. The summed E-state index contributed by atoms with van der Waals surface area (Å²) in [4.78, 5) is 17.7. The van der Waals surface area contributed by atoms with Crippen LogP contribution < -0.4 is 14.5 Å². The summed E-state index contributed by atoms with van der Waals surface area (Å²) in [5, 5.41) is 2.61. The Hall–Kier alpha value is -2.95. The van der Waals surface area contributed by atoms with Gasteiger partial charge in [-0.1, -0.05) is 44.2 Å². The maximum absolute atomic E-state index is 13.1. The Labute approximate surface area is 274 Å². The third-order valence-corrected chi connectivity index (χ3v) is 13.6. The topological polar surface area (TPSA) is 82.1 Å². The van der Waals surface area contributed by atoms with E-state index in [0.29, 0.717) is 32.3 Å². The van der Waals surface area contributed by atoms with Crippen molar-refractivity contribution in [1.82, 2.24) is 19.2 Å². The van der Waals surface area contributed by atoms with Crippen LogP contribution in [0.25, 0.3) is 10.8 Å². The lowest BCUT2D eigenvalue weighted by atomic mass is 9.95. The van der Waals surface area contributed by atoms with Gasteiger partial charge in [0, 0.05) is 48.9 Å². The predicted octanol–water partition coefficient (Wildman–Crippen LogP) is 5.01. The maximum Gasteiger partial charge on any atom is 0.318 e. The molecule has 0 N–H and O–H groups in total. The first-order chi connectivity index (χ1) is 22.3. The van der Waals surface area contributed by atoms with E-state index in [1.165, 1.54) is 53.3 Å². The van der Waals surface area contributed by atoms with E-state index in [0.717, 1.165) is 63.4 Å². The number of benzene rings is 2. The molecule has 0 aliphatic carbocycles. The Morgan fingerprint density at radius 2 is 1.76 bits per heavy atom. The standard InChI is InChI=1S/C36H48N6O3S/c1-3-27-9-4-10-28-11-5-13-32(33(27)28)39-20-14-30-31(23-39)37-35(45-25-36-15-7-18-41(36)19-8-16-36)38-34(30)40-17-6-12-29(22-40)42-21-26(2)24-46(42,43)44/h4-5,9-11,13,26,29H,3,6-8,12,14-25H2,1-2H3. The summed E-state index contributed by atoms with van der Waals surface area (Å²) in [5.74, 6) is 1.38. The zero-order chi connectivity index (χ0) is 31.5. The summed E-state index contributed by atoms with van der Waals surface area (Å²) < 4.78 is 34.5. The molecule has 8 rings (SSSR count). The normalized spacial score (nSPS) is 26.0. The fourth-order valence-corrected chi connectivity index (χ4v) is 11.3. The summed E-state index contributed by atoms with van der Waals surface area (Å²) in [6.07, 6.45) is 8.48. The summed E-state index contributed by atoms with van der Waals surface area (Å²) >= 11 is 0. The summed E-state index contributed by atoms with van der Waals surface area (Å²) in [7, 11) is -3.22. The fraction of sp³-hybridized carbons (Fsp3) is 0.611. The molecule has 2 unspecified atom stereocenters. The van der Waals surface area contributed by atoms with E-state index < -0.39 is 10.0 Å². The molecule has 0 bridgehead atoms. The van der Waals surface area contributed by atoms with Crippen LogP contribution in [-0.2, 0) is 29.4 Å². The van der Waals surface area contributed by atoms with Crippen LogP contribution in [0.3, 0.4) is 0 Å². The van der Waals surface area contributed by atoms with E-state index in [2.05, 4.69) is 58.0 Å². The number of aromatic nitrogens is 2. The predicted molar refractivity (Wildman–Crippen MR) is 183 cm³/mol. The van der Waals surface area contributed by atoms with Crippen LogP contribution in [0.2, 0.25) is 0 Å². The van der Waals surface area contributed by atoms with Crippen LogP contribution in [0.5, 0.6) is 6.01 Å². The Morgan fingerprint density at radius 1 is 0.957 bits per heavy atom. The van der Waals surface area contributed by atoms with Crippen LogP contribution in [0.1, 0.15) is 69.2 Å². The van der Waals surface area contributed by atoms with E-state index in [9.17, 15) is 8.42 Å². The van der Waals surface area contributed by atoms with Crippen LogP contribution >= 0.6 is 0 Å². The van der Waals surface area contributed by atoms with Crippen molar-refractivity contribution in [2.45, 2.75) is 83.3 Å². The van der Waals surface area contributed by atoms with Crippen molar-refractivity contribution in [1.29, 1.82) is 0 Å². The zero-order valence-corrected chi connectivity index (χ0v) is 28.3. The maximum atomic E-state index is 13.1. The second-order valence-electron chi connectivity index (χ2n) is 14.5. The van der Waals surface area contributed by atoms with Crippen LogP contribution in [0.4, 0.5) is 11.5 Å². The lowest BCUT2D eigenvalue weighted by Crippen LogP contribution is -2.49. The van der Waals surface area contributed by atoms with Gasteiger partial charge >= 0.3 is 6.01 Å². The third kappa shape index (κ3) is 5.34. The van der Waals surface area contributed by atoms with Crippen molar-refractivity contribution in [3.8, 4) is 6.01 Å². The molecule has 10 heteroatoms. The fourth-order valence-electron chi connectivity index (χ4n) is 9.22. The highest BCUT2D eigenvalue weighted by Gasteiger charge is 2.45. The molecule has 4 fully saturated rings. The largest absolute Gasteiger partial charge is 0.461 e. The van der Waals surface area contributed by atoms with Gasteiger partial charge in [0.1, 0.15) is 12.4 Å². The summed E-state index contributed by atoms with van der Waals surface area (Å²) in [6.45, 7) is 11.0. The second kappa shape index (κ2) is 11.9. The highest BCUT2D eigenvalue weighted by Crippen LogP contribution is 2.40. The number of ether oxygens (including phenoxy) is 1. The highest BCUT2D eigenvalue weighted by molar-refractivity contribution is 7.89. The molecule has 5 aliphatic heterocycles. The molecular weight excluding hydrogens is 597 g/mol. The van der Waals surface area contributed by atoms with Gasteiger partial charge in [0.25, 0.3) is 0 Å². The van der Waals surface area contributed by atoms with Gasteiger partial charge < -0.3 is 14.5 Å². The van der Waals surface area contributed by atoms with E-state index in [1.807, 2.05) is 6.92 Å². The molecule has 0 saturated carbocycles. The molecule has 0 spiro atoms. The quantitative estimate of drug-likeness (QED) is 0.355. The monoisotopic (exact) mass is 644 g/mol. The van der Waals surface area contributed by atoms with Gasteiger partial charge in [-0.05, 0) is 87.4 Å². The summed E-state index contributed by atoms with van der Waals surface area (Å²) in [6, 6.07) is 13.7. The Morgan fingerprint density at radius 3 is 2.52 bits per heavy atom. The minimum atomic E-state index is -3.22. The number of hydrogen-bond donors (Lipinski definition) is 0. The average Bonchev–Trinajstić information content (AvgIpc) is 3.73. The molecule has 246 valence electrons. The van der Waals surface area contributed by atoms with Crippen LogP contribution in [0.15, 0.2) is 36.4 Å². The first-order valence-electron chi connectivity index (χ1n) is 17.6. The van der Waals surface area contributed by atoms with Crippen molar-refractivity contribution < 1.29 is 13.2 Å². The van der Waals surface area contributed by atoms with Gasteiger partial charge in [-0.3, -0.25) is 4.90 Å². The van der Waals surface area contributed by atoms with Crippen molar-refractivity contribution in [3.63, 3.8) is 0 Å². The minimum Gasteiger partial charge on any atom is -0.461 e.